The van der Waals surface area contributed by atoms with Gasteiger partial charge in [0, 0.05) is 26.1 Å². The van der Waals surface area contributed by atoms with Gasteiger partial charge in [-0.15, -0.1) is 11.3 Å². The lowest BCUT2D eigenvalue weighted by Crippen LogP contribution is -2.13. The van der Waals surface area contributed by atoms with E-state index in [-0.39, 0.29) is 17.2 Å². The maximum Gasteiger partial charge on any atom is 0.267 e. The van der Waals surface area contributed by atoms with E-state index < -0.39 is 5.91 Å². The summed E-state index contributed by atoms with van der Waals surface area (Å²) in [4.78, 5) is 27.0. The highest BCUT2D eigenvalue weighted by atomic mass is 79.9. The number of furan rings is 1. The molecule has 0 aliphatic carbocycles. The lowest BCUT2D eigenvalue weighted by atomic mass is 10.1. The molecule has 0 radical (unpaired) electrons. The van der Waals surface area contributed by atoms with Gasteiger partial charge in [0.1, 0.15) is 16.2 Å². The van der Waals surface area contributed by atoms with Gasteiger partial charge in [-0.1, -0.05) is 41.4 Å². The van der Waals surface area contributed by atoms with E-state index in [1.807, 2.05) is 0 Å². The standard InChI is InChI=1S/C25H14BrCl2NO4S/c1-32-18-9-6-12(10-16(18)26)22(30)23-21(14-4-2-3-5-17(14)33-23)29-25(31)24-20(28)15-8-7-13(27)11-19(15)34-24/h2-11H,1H3,(H,29,31). The second-order valence-electron chi connectivity index (χ2n) is 7.32. The van der Waals surface area contributed by atoms with Gasteiger partial charge in [0.2, 0.25) is 5.78 Å². The molecule has 0 bridgehead atoms. The Kier molecular flexibility index (Phi) is 6.12. The number of nitrogens with one attached hydrogen (secondary N) is 1. The monoisotopic (exact) mass is 573 g/mol. The number of amides is 1. The van der Waals surface area contributed by atoms with Crippen LogP contribution in [0.25, 0.3) is 21.1 Å². The van der Waals surface area contributed by atoms with Crippen LogP contribution >= 0.6 is 50.5 Å². The van der Waals surface area contributed by atoms with Crippen LogP contribution in [0.5, 0.6) is 5.75 Å². The fraction of sp³-hybridized carbons (Fsp3) is 0.0400. The molecule has 34 heavy (non-hydrogen) atoms. The predicted molar refractivity (Wildman–Crippen MR) is 140 cm³/mol. The maximum atomic E-state index is 13.4. The van der Waals surface area contributed by atoms with Gasteiger partial charge in [0.05, 0.1) is 22.3 Å². The number of fused-ring (bicyclic) bond motifs is 2. The minimum atomic E-state index is -0.446. The van der Waals surface area contributed by atoms with Crippen LogP contribution in [0.15, 0.2) is 69.6 Å². The van der Waals surface area contributed by atoms with Crippen LogP contribution in [0.4, 0.5) is 5.69 Å². The summed E-state index contributed by atoms with van der Waals surface area (Å²) in [6.07, 6.45) is 0. The van der Waals surface area contributed by atoms with Crippen LogP contribution in [0.2, 0.25) is 10.0 Å². The Hall–Kier alpha value is -2.84. The molecule has 5 rings (SSSR count). The van der Waals surface area contributed by atoms with E-state index in [2.05, 4.69) is 21.2 Å². The van der Waals surface area contributed by atoms with E-state index in [0.29, 0.717) is 41.7 Å². The summed E-state index contributed by atoms with van der Waals surface area (Å²) < 4.78 is 12.6. The highest BCUT2D eigenvalue weighted by molar-refractivity contribution is 9.10. The number of rotatable bonds is 5. The number of hydrogen-bond acceptors (Lipinski definition) is 5. The Labute approximate surface area is 216 Å². The van der Waals surface area contributed by atoms with Crippen molar-refractivity contribution >= 4 is 88.9 Å². The number of anilines is 1. The molecule has 170 valence electrons. The number of ketones is 1. The summed E-state index contributed by atoms with van der Waals surface area (Å²) in [5, 5.41) is 5.08. The summed E-state index contributed by atoms with van der Waals surface area (Å²) >= 11 is 17.2. The van der Waals surface area contributed by atoms with Crippen molar-refractivity contribution in [2.24, 2.45) is 0 Å². The number of carbonyl (C=O) groups is 2. The summed E-state index contributed by atoms with van der Waals surface area (Å²) in [5.41, 5.74) is 1.13. The maximum absolute atomic E-state index is 13.4. The number of carbonyl (C=O) groups excluding carboxylic acids is 2. The van der Waals surface area contributed by atoms with Crippen LogP contribution < -0.4 is 10.1 Å². The average molecular weight is 575 g/mol. The zero-order chi connectivity index (χ0) is 24.0. The topological polar surface area (TPSA) is 68.5 Å². The van der Waals surface area contributed by atoms with Gasteiger partial charge < -0.3 is 14.5 Å². The Bertz CT molecular complexity index is 1610. The Morgan fingerprint density at radius 1 is 1.03 bits per heavy atom. The van der Waals surface area contributed by atoms with Gasteiger partial charge in [-0.05, 0) is 58.4 Å². The van der Waals surface area contributed by atoms with Crippen molar-refractivity contribution in [1.82, 2.24) is 0 Å². The molecular formula is C25H14BrCl2NO4S. The third-order valence-electron chi connectivity index (χ3n) is 5.25. The first kappa shape index (κ1) is 22.9. The molecule has 0 saturated carbocycles. The summed E-state index contributed by atoms with van der Waals surface area (Å²) in [7, 11) is 1.54. The second-order valence-corrected chi connectivity index (χ2v) is 10.0. The number of para-hydroxylation sites is 1. The third kappa shape index (κ3) is 3.99. The van der Waals surface area contributed by atoms with Crippen LogP contribution in [0.3, 0.4) is 0 Å². The minimum absolute atomic E-state index is 0.0203. The van der Waals surface area contributed by atoms with Crippen LogP contribution in [0, 0.1) is 0 Å². The summed E-state index contributed by atoms with van der Waals surface area (Å²) in [5.74, 6) is -0.219. The fourth-order valence-electron chi connectivity index (χ4n) is 3.62. The SMILES string of the molecule is COc1ccc(C(=O)c2oc3ccccc3c2NC(=O)c2sc3cc(Cl)ccc3c2Cl)cc1Br. The molecule has 2 heterocycles. The van der Waals surface area contributed by atoms with Crippen molar-refractivity contribution in [3.63, 3.8) is 0 Å². The largest absolute Gasteiger partial charge is 0.496 e. The lowest BCUT2D eigenvalue weighted by molar-refractivity contribution is 0.101. The molecule has 0 atom stereocenters. The van der Waals surface area contributed by atoms with Gasteiger partial charge >= 0.3 is 0 Å². The highest BCUT2D eigenvalue weighted by Crippen LogP contribution is 2.39. The summed E-state index contributed by atoms with van der Waals surface area (Å²) in [6, 6.07) is 17.3. The predicted octanol–water partition coefficient (Wildman–Crippen LogP) is 8.21. The molecule has 5 aromatic rings. The minimum Gasteiger partial charge on any atom is -0.496 e. The van der Waals surface area contributed by atoms with E-state index >= 15 is 0 Å². The molecule has 0 aliphatic rings. The van der Waals surface area contributed by atoms with E-state index in [0.717, 1.165) is 10.1 Å². The smallest absolute Gasteiger partial charge is 0.267 e. The first-order valence-corrected chi connectivity index (χ1v) is 12.3. The van der Waals surface area contributed by atoms with Crippen molar-refractivity contribution in [2.45, 2.75) is 0 Å². The molecule has 1 N–H and O–H groups in total. The van der Waals surface area contributed by atoms with Crippen molar-refractivity contribution < 1.29 is 18.7 Å². The van der Waals surface area contributed by atoms with E-state index in [1.165, 1.54) is 11.3 Å². The van der Waals surface area contributed by atoms with Gasteiger partial charge in [-0.2, -0.15) is 0 Å². The first-order chi connectivity index (χ1) is 16.4. The quantitative estimate of drug-likeness (QED) is 0.215. The van der Waals surface area contributed by atoms with Crippen molar-refractivity contribution in [3.05, 3.63) is 91.4 Å². The van der Waals surface area contributed by atoms with E-state index in [1.54, 1.807) is 67.8 Å². The third-order valence-corrected chi connectivity index (χ3v) is 7.76. The fourth-order valence-corrected chi connectivity index (χ4v) is 5.85. The van der Waals surface area contributed by atoms with E-state index in [9.17, 15) is 9.59 Å². The van der Waals surface area contributed by atoms with Crippen molar-refractivity contribution in [3.8, 4) is 5.75 Å². The number of hydrogen-bond donors (Lipinski definition) is 1. The van der Waals surface area contributed by atoms with Gasteiger partial charge in [0.25, 0.3) is 5.91 Å². The number of benzene rings is 3. The van der Waals surface area contributed by atoms with Crippen LogP contribution in [0.1, 0.15) is 25.8 Å². The molecule has 0 fully saturated rings. The van der Waals surface area contributed by atoms with E-state index in [4.69, 9.17) is 32.4 Å². The second kappa shape index (κ2) is 9.07. The zero-order valence-corrected chi connectivity index (χ0v) is 21.4. The normalized spacial score (nSPS) is 11.2. The molecular weight excluding hydrogens is 561 g/mol. The molecule has 3 aromatic carbocycles. The van der Waals surface area contributed by atoms with Gasteiger partial charge in [-0.25, -0.2) is 0 Å². The molecule has 0 saturated heterocycles. The highest BCUT2D eigenvalue weighted by Gasteiger charge is 2.26. The summed E-state index contributed by atoms with van der Waals surface area (Å²) in [6.45, 7) is 0. The first-order valence-electron chi connectivity index (χ1n) is 9.96. The molecule has 2 aromatic heterocycles. The van der Waals surface area contributed by atoms with Crippen LogP contribution in [-0.4, -0.2) is 18.8 Å². The Morgan fingerprint density at radius 2 is 1.82 bits per heavy atom. The van der Waals surface area contributed by atoms with Gasteiger partial charge in [-0.3, -0.25) is 9.59 Å². The van der Waals surface area contributed by atoms with Gasteiger partial charge in [0.15, 0.2) is 5.76 Å². The van der Waals surface area contributed by atoms with Crippen molar-refractivity contribution in [2.75, 3.05) is 12.4 Å². The van der Waals surface area contributed by atoms with Crippen molar-refractivity contribution in [1.29, 1.82) is 0 Å². The molecule has 1 amide bonds. The number of thiophene rings is 1. The number of methoxy groups -OCH3 is 1. The lowest BCUT2D eigenvalue weighted by Gasteiger charge is -2.07. The Morgan fingerprint density at radius 3 is 2.59 bits per heavy atom. The average Bonchev–Trinajstić information content (AvgIpc) is 3.36. The molecule has 0 aliphatic heterocycles. The van der Waals surface area contributed by atoms with Crippen LogP contribution in [-0.2, 0) is 0 Å². The molecule has 0 spiro atoms. The molecule has 9 heteroatoms. The Balaban J connectivity index is 1.58. The number of halogens is 3. The number of ether oxygens (including phenoxy) is 1. The molecule has 5 nitrogen and oxygen atoms in total. The zero-order valence-electron chi connectivity index (χ0n) is 17.4. The molecule has 0 unspecified atom stereocenters.